The van der Waals surface area contributed by atoms with Gasteiger partial charge in [-0.25, -0.2) is 4.79 Å². The van der Waals surface area contributed by atoms with Crippen molar-refractivity contribution in [3.63, 3.8) is 0 Å². The smallest absolute Gasteiger partial charge is 0.448 e. The summed E-state index contributed by atoms with van der Waals surface area (Å²) in [7, 11) is 0. The average molecular weight is 208 g/mol. The lowest BCUT2D eigenvalue weighted by atomic mass is 10.3. The number of rotatable bonds is 3. The number of carbonyl (C=O) groups excluding carboxylic acids is 1. The highest BCUT2D eigenvalue weighted by Crippen LogP contribution is 2.03. The second kappa shape index (κ2) is 5.38. The molecule has 2 N–H and O–H groups in total. The SMILES string of the molecule is O=C(C=NOC(=O)O)Nc1ccccc1. The molecule has 0 radical (unpaired) electrons. The van der Waals surface area contributed by atoms with Crippen molar-refractivity contribution in [2.75, 3.05) is 5.32 Å². The van der Waals surface area contributed by atoms with Gasteiger partial charge in [0.1, 0.15) is 6.21 Å². The van der Waals surface area contributed by atoms with E-state index in [2.05, 4.69) is 15.3 Å². The van der Waals surface area contributed by atoms with Crippen molar-refractivity contribution < 1.29 is 19.5 Å². The molecule has 0 spiro atoms. The van der Waals surface area contributed by atoms with E-state index < -0.39 is 12.1 Å². The van der Waals surface area contributed by atoms with Gasteiger partial charge in [0.25, 0.3) is 5.91 Å². The summed E-state index contributed by atoms with van der Waals surface area (Å²) in [6.07, 6.45) is -0.833. The lowest BCUT2D eigenvalue weighted by molar-refractivity contribution is -0.110. The number of para-hydroxylation sites is 1. The second-order valence-electron chi connectivity index (χ2n) is 2.45. The molecule has 0 atom stereocenters. The van der Waals surface area contributed by atoms with E-state index in [1.165, 1.54) is 0 Å². The van der Waals surface area contributed by atoms with Gasteiger partial charge in [0.05, 0.1) is 0 Å². The van der Waals surface area contributed by atoms with E-state index in [4.69, 9.17) is 5.11 Å². The number of nitrogens with one attached hydrogen (secondary N) is 1. The average Bonchev–Trinajstić information content (AvgIpc) is 2.18. The third-order valence-corrected chi connectivity index (χ3v) is 1.34. The van der Waals surface area contributed by atoms with Crippen LogP contribution in [0.3, 0.4) is 0 Å². The van der Waals surface area contributed by atoms with E-state index in [1.807, 2.05) is 0 Å². The molecule has 1 amide bonds. The van der Waals surface area contributed by atoms with Crippen molar-refractivity contribution in [2.45, 2.75) is 0 Å². The number of oxime groups is 1. The normalized spacial score (nSPS) is 9.87. The van der Waals surface area contributed by atoms with Crippen molar-refractivity contribution in [1.82, 2.24) is 0 Å². The van der Waals surface area contributed by atoms with Crippen LogP contribution in [0.1, 0.15) is 0 Å². The fourth-order valence-electron chi connectivity index (χ4n) is 0.815. The van der Waals surface area contributed by atoms with Crippen LogP contribution in [-0.2, 0) is 9.63 Å². The Morgan fingerprint density at radius 3 is 2.60 bits per heavy atom. The van der Waals surface area contributed by atoms with Gasteiger partial charge in [0.2, 0.25) is 0 Å². The predicted molar refractivity (Wildman–Crippen MR) is 52.7 cm³/mol. The maximum Gasteiger partial charge on any atom is 0.532 e. The summed E-state index contributed by atoms with van der Waals surface area (Å²) in [5.74, 6) is -0.567. The summed E-state index contributed by atoms with van der Waals surface area (Å²) in [5, 5.41) is 13.4. The molecule has 0 unspecified atom stereocenters. The van der Waals surface area contributed by atoms with Gasteiger partial charge in [-0.3, -0.25) is 9.63 Å². The Morgan fingerprint density at radius 1 is 1.33 bits per heavy atom. The number of hydrogen-bond acceptors (Lipinski definition) is 4. The van der Waals surface area contributed by atoms with Crippen LogP contribution in [0.15, 0.2) is 35.5 Å². The van der Waals surface area contributed by atoms with Crippen molar-refractivity contribution in [2.24, 2.45) is 5.16 Å². The maximum atomic E-state index is 11.1. The summed E-state index contributed by atoms with van der Waals surface area (Å²) >= 11 is 0. The van der Waals surface area contributed by atoms with Crippen LogP contribution in [0.2, 0.25) is 0 Å². The fourth-order valence-corrected chi connectivity index (χ4v) is 0.815. The highest BCUT2D eigenvalue weighted by molar-refractivity contribution is 6.31. The van der Waals surface area contributed by atoms with Gasteiger partial charge >= 0.3 is 6.16 Å². The van der Waals surface area contributed by atoms with E-state index in [9.17, 15) is 9.59 Å². The predicted octanol–water partition coefficient (Wildman–Crippen LogP) is 1.31. The van der Waals surface area contributed by atoms with Gasteiger partial charge in [0, 0.05) is 5.69 Å². The molecule has 1 rings (SSSR count). The molecule has 0 bridgehead atoms. The van der Waals surface area contributed by atoms with Gasteiger partial charge in [-0.2, -0.15) is 0 Å². The quantitative estimate of drug-likeness (QED) is 0.445. The Bertz CT molecular complexity index is 375. The number of anilines is 1. The molecule has 0 saturated carbocycles. The number of carboxylic acid groups (broad SMARTS) is 1. The molecule has 0 aliphatic carbocycles. The second-order valence-corrected chi connectivity index (χ2v) is 2.45. The maximum absolute atomic E-state index is 11.1. The zero-order valence-corrected chi connectivity index (χ0v) is 7.58. The van der Waals surface area contributed by atoms with Gasteiger partial charge in [-0.15, -0.1) is 0 Å². The van der Waals surface area contributed by atoms with Crippen LogP contribution in [0, 0.1) is 0 Å². The number of amides is 1. The fraction of sp³-hybridized carbons (Fsp3) is 0. The van der Waals surface area contributed by atoms with Crippen LogP contribution < -0.4 is 5.32 Å². The highest BCUT2D eigenvalue weighted by Gasteiger charge is 1.98. The first kappa shape index (κ1) is 10.7. The van der Waals surface area contributed by atoms with E-state index >= 15 is 0 Å². The molecule has 0 aliphatic heterocycles. The molecular weight excluding hydrogens is 200 g/mol. The summed E-state index contributed by atoms with van der Waals surface area (Å²) in [5.41, 5.74) is 0.587. The molecule has 78 valence electrons. The first-order valence-corrected chi connectivity index (χ1v) is 3.98. The number of benzene rings is 1. The molecule has 0 saturated heterocycles. The zero-order chi connectivity index (χ0) is 11.1. The van der Waals surface area contributed by atoms with Crippen LogP contribution in [0.5, 0.6) is 0 Å². The van der Waals surface area contributed by atoms with Gasteiger partial charge in [-0.05, 0) is 12.1 Å². The van der Waals surface area contributed by atoms with Crippen LogP contribution >= 0.6 is 0 Å². The Kier molecular flexibility index (Phi) is 3.84. The first-order valence-electron chi connectivity index (χ1n) is 3.98. The van der Waals surface area contributed by atoms with Crippen molar-refractivity contribution in [3.05, 3.63) is 30.3 Å². The Balaban J connectivity index is 2.43. The van der Waals surface area contributed by atoms with E-state index in [-0.39, 0.29) is 0 Å². The molecule has 1 aromatic rings. The molecule has 0 aromatic heterocycles. The summed E-state index contributed by atoms with van der Waals surface area (Å²) in [4.78, 5) is 24.7. The minimum Gasteiger partial charge on any atom is -0.448 e. The lowest BCUT2D eigenvalue weighted by Crippen LogP contribution is -2.13. The minimum atomic E-state index is -1.57. The molecule has 0 fully saturated rings. The van der Waals surface area contributed by atoms with Gasteiger partial charge < -0.3 is 10.4 Å². The van der Waals surface area contributed by atoms with E-state index in [0.717, 1.165) is 6.21 Å². The number of carbonyl (C=O) groups is 2. The molecule has 1 aromatic carbocycles. The highest BCUT2D eigenvalue weighted by atomic mass is 16.7. The zero-order valence-electron chi connectivity index (χ0n) is 7.58. The van der Waals surface area contributed by atoms with Gasteiger partial charge in [0.15, 0.2) is 0 Å². The molecule has 0 heterocycles. The monoisotopic (exact) mass is 208 g/mol. The Morgan fingerprint density at radius 2 is 2.00 bits per heavy atom. The largest absolute Gasteiger partial charge is 0.532 e. The molecule has 6 heteroatoms. The topological polar surface area (TPSA) is 88.0 Å². The number of nitrogens with zero attached hydrogens (tertiary/aromatic N) is 1. The van der Waals surface area contributed by atoms with E-state index in [0.29, 0.717) is 5.69 Å². The molecule has 15 heavy (non-hydrogen) atoms. The summed E-state index contributed by atoms with van der Waals surface area (Å²) in [6.45, 7) is 0. The first-order chi connectivity index (χ1) is 7.18. The van der Waals surface area contributed by atoms with Crippen LogP contribution in [0.4, 0.5) is 10.5 Å². The van der Waals surface area contributed by atoms with Crippen LogP contribution in [0.25, 0.3) is 0 Å². The van der Waals surface area contributed by atoms with E-state index in [1.54, 1.807) is 30.3 Å². The Hall–Kier alpha value is -2.37. The third-order valence-electron chi connectivity index (χ3n) is 1.34. The lowest BCUT2D eigenvalue weighted by Gasteiger charge is -1.99. The van der Waals surface area contributed by atoms with Gasteiger partial charge in [-0.1, -0.05) is 23.4 Å². The van der Waals surface area contributed by atoms with Crippen LogP contribution in [-0.4, -0.2) is 23.4 Å². The number of hydrogen-bond donors (Lipinski definition) is 2. The summed E-state index contributed by atoms with van der Waals surface area (Å²) < 4.78 is 0. The summed E-state index contributed by atoms with van der Waals surface area (Å²) in [6, 6.07) is 8.67. The standard InChI is InChI=1S/C9H8N2O4/c12-8(6-10-15-9(13)14)11-7-4-2-1-3-5-7/h1-6H,(H,11,12)(H,13,14). The van der Waals surface area contributed by atoms with Crippen molar-refractivity contribution in [3.8, 4) is 0 Å². The van der Waals surface area contributed by atoms with Crippen molar-refractivity contribution >= 4 is 24.0 Å². The third kappa shape index (κ3) is 4.41. The van der Waals surface area contributed by atoms with Crippen molar-refractivity contribution in [1.29, 1.82) is 0 Å². The Labute approximate surface area is 85.2 Å². The molecular formula is C9H8N2O4. The minimum absolute atomic E-state index is 0.567. The molecule has 6 nitrogen and oxygen atoms in total. The molecule has 0 aliphatic rings.